The zero-order valence-electron chi connectivity index (χ0n) is 14.6. The van der Waals surface area contributed by atoms with Crippen molar-refractivity contribution >= 4 is 15.5 Å². The van der Waals surface area contributed by atoms with Crippen LogP contribution in [0.4, 0.5) is 5.69 Å². The maximum Gasteiger partial charge on any atom is 0.269 e. The molecule has 2 aromatic rings. The Labute approximate surface area is 153 Å². The Morgan fingerprint density at radius 2 is 1.73 bits per heavy atom. The van der Waals surface area contributed by atoms with Crippen molar-refractivity contribution in [3.8, 4) is 5.75 Å². The van der Waals surface area contributed by atoms with Gasteiger partial charge in [-0.1, -0.05) is 12.1 Å². The topological polar surface area (TPSA) is 98.5 Å². The maximum atomic E-state index is 12.9. The Morgan fingerprint density at radius 1 is 1.04 bits per heavy atom. The number of benzene rings is 2. The highest BCUT2D eigenvalue weighted by Gasteiger charge is 2.22. The zero-order valence-corrected chi connectivity index (χ0v) is 15.4. The minimum Gasteiger partial charge on any atom is -0.492 e. The van der Waals surface area contributed by atoms with E-state index in [1.165, 1.54) is 30.3 Å². The van der Waals surface area contributed by atoms with Crippen LogP contribution in [0.25, 0.3) is 0 Å². The van der Waals surface area contributed by atoms with Crippen LogP contribution in [0.15, 0.2) is 58.3 Å². The van der Waals surface area contributed by atoms with Crippen molar-refractivity contribution in [3.63, 3.8) is 0 Å². The van der Waals surface area contributed by atoms with Gasteiger partial charge in [0.1, 0.15) is 10.6 Å². The molecule has 0 saturated carbocycles. The first kappa shape index (κ1) is 19.9. The average Bonchev–Trinajstić information content (AvgIpc) is 2.65. The summed E-state index contributed by atoms with van der Waals surface area (Å²) in [5, 5.41) is 13.8. The molecule has 0 heterocycles. The molecular weight excluding hydrogens is 356 g/mol. The summed E-state index contributed by atoms with van der Waals surface area (Å²) in [6.07, 6.45) is 2.84. The van der Waals surface area contributed by atoms with E-state index in [1.807, 2.05) is 7.05 Å². The number of ether oxygens (including phenoxy) is 1. The number of rotatable bonds is 10. The molecule has 0 amide bonds. The fraction of sp³-hybridized carbons (Fsp3) is 0.333. The molecule has 0 aliphatic rings. The van der Waals surface area contributed by atoms with Gasteiger partial charge in [-0.25, -0.2) is 8.42 Å². The number of sulfone groups is 1. The molecule has 8 heteroatoms. The summed E-state index contributed by atoms with van der Waals surface area (Å²) in [5.41, 5.74) is -0.157. The summed E-state index contributed by atoms with van der Waals surface area (Å²) in [6, 6.07) is 11.3. The third kappa shape index (κ3) is 5.03. The fourth-order valence-electron chi connectivity index (χ4n) is 2.43. The average molecular weight is 378 g/mol. The highest BCUT2D eigenvalue weighted by Crippen LogP contribution is 2.30. The SMILES string of the molecule is CNCCCCCOc1ccccc1S(=O)(=O)c1ccc([N+](=O)[O-])cc1. The van der Waals surface area contributed by atoms with Crippen LogP contribution in [0.3, 0.4) is 0 Å². The molecule has 0 aliphatic heterocycles. The second-order valence-corrected chi connectivity index (χ2v) is 7.63. The van der Waals surface area contributed by atoms with Crippen molar-refractivity contribution in [1.29, 1.82) is 0 Å². The molecule has 0 aromatic heterocycles. The number of hydrogen-bond donors (Lipinski definition) is 1. The number of nitro benzene ring substituents is 1. The van der Waals surface area contributed by atoms with Crippen LogP contribution in [0.2, 0.25) is 0 Å². The lowest BCUT2D eigenvalue weighted by molar-refractivity contribution is -0.384. The standard InChI is InChI=1S/C18H22N2O5S/c1-19-13-5-2-6-14-25-17-7-3-4-8-18(17)26(23,24)16-11-9-15(10-12-16)20(21)22/h3-4,7-12,19H,2,5-6,13-14H2,1H3. The van der Waals surface area contributed by atoms with E-state index in [-0.39, 0.29) is 15.5 Å². The predicted octanol–water partition coefficient (Wildman–Crippen LogP) is 3.20. The molecule has 0 fully saturated rings. The monoisotopic (exact) mass is 378 g/mol. The number of unbranched alkanes of at least 4 members (excludes halogenated alkanes) is 2. The third-order valence-corrected chi connectivity index (χ3v) is 5.63. The van der Waals surface area contributed by atoms with E-state index >= 15 is 0 Å². The lowest BCUT2D eigenvalue weighted by atomic mass is 10.2. The Bertz CT molecular complexity index is 835. The molecular formula is C18H22N2O5S. The van der Waals surface area contributed by atoms with Crippen LogP contribution in [-0.4, -0.2) is 33.5 Å². The van der Waals surface area contributed by atoms with E-state index in [0.717, 1.165) is 25.8 Å². The van der Waals surface area contributed by atoms with Gasteiger partial charge in [0, 0.05) is 12.1 Å². The Kier molecular flexibility index (Phi) is 7.11. The predicted molar refractivity (Wildman–Crippen MR) is 98.3 cm³/mol. The Hall–Kier alpha value is -2.45. The fourth-order valence-corrected chi connectivity index (χ4v) is 3.83. The number of hydrogen-bond acceptors (Lipinski definition) is 6. The summed E-state index contributed by atoms with van der Waals surface area (Å²) in [6.45, 7) is 1.36. The molecule has 0 saturated heterocycles. The van der Waals surface area contributed by atoms with Crippen LogP contribution in [0.5, 0.6) is 5.75 Å². The molecule has 140 valence electrons. The van der Waals surface area contributed by atoms with Crippen LogP contribution in [0.1, 0.15) is 19.3 Å². The van der Waals surface area contributed by atoms with Gasteiger partial charge in [-0.05, 0) is 57.1 Å². The van der Waals surface area contributed by atoms with Crippen LogP contribution in [-0.2, 0) is 9.84 Å². The largest absolute Gasteiger partial charge is 0.492 e. The lowest BCUT2D eigenvalue weighted by Crippen LogP contribution is -2.09. The highest BCUT2D eigenvalue weighted by molar-refractivity contribution is 7.91. The number of nitro groups is 1. The molecule has 0 unspecified atom stereocenters. The number of para-hydroxylation sites is 1. The van der Waals surface area contributed by atoms with Crippen molar-refractivity contribution in [3.05, 3.63) is 58.6 Å². The van der Waals surface area contributed by atoms with Gasteiger partial charge in [0.05, 0.1) is 16.4 Å². The summed E-state index contributed by atoms with van der Waals surface area (Å²) in [4.78, 5) is 10.2. The van der Waals surface area contributed by atoms with E-state index in [4.69, 9.17) is 4.74 Å². The summed E-state index contributed by atoms with van der Waals surface area (Å²) in [7, 11) is -1.92. The molecule has 1 N–H and O–H groups in total. The number of non-ortho nitro benzene ring substituents is 1. The molecule has 0 aliphatic carbocycles. The number of nitrogens with one attached hydrogen (secondary N) is 1. The summed E-state index contributed by atoms with van der Waals surface area (Å²) < 4.78 is 31.4. The van der Waals surface area contributed by atoms with Gasteiger partial charge < -0.3 is 10.1 Å². The van der Waals surface area contributed by atoms with Crippen LogP contribution >= 0.6 is 0 Å². The van der Waals surface area contributed by atoms with Gasteiger partial charge in [-0.3, -0.25) is 10.1 Å². The van der Waals surface area contributed by atoms with E-state index in [0.29, 0.717) is 12.4 Å². The van der Waals surface area contributed by atoms with Gasteiger partial charge >= 0.3 is 0 Å². The zero-order chi connectivity index (χ0) is 19.0. The summed E-state index contributed by atoms with van der Waals surface area (Å²) in [5.74, 6) is 0.291. The molecule has 0 bridgehead atoms. The van der Waals surface area contributed by atoms with Crippen molar-refractivity contribution in [2.45, 2.75) is 29.1 Å². The van der Waals surface area contributed by atoms with Crippen molar-refractivity contribution in [1.82, 2.24) is 5.32 Å². The van der Waals surface area contributed by atoms with E-state index in [2.05, 4.69) is 5.32 Å². The van der Waals surface area contributed by atoms with Crippen molar-refractivity contribution < 1.29 is 18.1 Å². The summed E-state index contributed by atoms with van der Waals surface area (Å²) >= 11 is 0. The minimum atomic E-state index is -3.82. The van der Waals surface area contributed by atoms with Crippen LogP contribution in [0, 0.1) is 10.1 Å². The smallest absolute Gasteiger partial charge is 0.269 e. The van der Waals surface area contributed by atoms with E-state index in [9.17, 15) is 18.5 Å². The molecule has 0 radical (unpaired) electrons. The molecule has 0 atom stereocenters. The second kappa shape index (κ2) is 9.30. The van der Waals surface area contributed by atoms with Crippen molar-refractivity contribution in [2.75, 3.05) is 20.2 Å². The van der Waals surface area contributed by atoms with Gasteiger partial charge in [0.15, 0.2) is 0 Å². The first-order valence-corrected chi connectivity index (χ1v) is 9.81. The molecule has 7 nitrogen and oxygen atoms in total. The minimum absolute atomic E-state index is 0.00632. The van der Waals surface area contributed by atoms with Gasteiger partial charge in [-0.2, -0.15) is 0 Å². The lowest BCUT2D eigenvalue weighted by Gasteiger charge is -2.12. The maximum absolute atomic E-state index is 12.9. The van der Waals surface area contributed by atoms with E-state index < -0.39 is 14.8 Å². The third-order valence-electron chi connectivity index (χ3n) is 3.83. The van der Waals surface area contributed by atoms with Gasteiger partial charge in [0.25, 0.3) is 5.69 Å². The molecule has 2 rings (SSSR count). The first-order chi connectivity index (χ1) is 12.5. The van der Waals surface area contributed by atoms with Gasteiger partial charge in [-0.15, -0.1) is 0 Å². The normalized spacial score (nSPS) is 11.3. The molecule has 2 aromatic carbocycles. The molecule has 26 heavy (non-hydrogen) atoms. The first-order valence-electron chi connectivity index (χ1n) is 8.33. The Balaban J connectivity index is 2.15. The van der Waals surface area contributed by atoms with Crippen molar-refractivity contribution in [2.24, 2.45) is 0 Å². The van der Waals surface area contributed by atoms with Crippen LogP contribution < -0.4 is 10.1 Å². The van der Waals surface area contributed by atoms with Gasteiger partial charge in [0.2, 0.25) is 9.84 Å². The quantitative estimate of drug-likeness (QED) is 0.387. The highest BCUT2D eigenvalue weighted by atomic mass is 32.2. The molecule has 0 spiro atoms. The van der Waals surface area contributed by atoms with E-state index in [1.54, 1.807) is 18.2 Å². The number of nitrogens with zero attached hydrogens (tertiary/aromatic N) is 1. The second-order valence-electron chi connectivity index (χ2n) is 5.71. The Morgan fingerprint density at radius 3 is 2.38 bits per heavy atom.